The zero-order chi connectivity index (χ0) is 13.1. The summed E-state index contributed by atoms with van der Waals surface area (Å²) < 4.78 is 2.07. The van der Waals surface area contributed by atoms with Crippen LogP contribution in [0.1, 0.15) is 11.3 Å². The van der Waals surface area contributed by atoms with E-state index in [0.29, 0.717) is 0 Å². The van der Waals surface area contributed by atoms with Crippen LogP contribution in [0.15, 0.2) is 36.5 Å². The second-order valence-electron chi connectivity index (χ2n) is 5.05. The maximum absolute atomic E-state index is 4.49. The van der Waals surface area contributed by atoms with Gasteiger partial charge < -0.3 is 5.32 Å². The van der Waals surface area contributed by atoms with Crippen molar-refractivity contribution in [3.8, 4) is 5.69 Å². The van der Waals surface area contributed by atoms with Crippen molar-refractivity contribution in [1.29, 1.82) is 0 Å². The standard InChI is InChI=1S/C15H20N4.ClH/c1-13-4-2-3-5-15(13)19-14(6-7-17-19)12-18-10-8-16-9-11-18;/h2-7,16H,8-12H2,1H3;1H. The molecule has 1 N–H and O–H groups in total. The summed E-state index contributed by atoms with van der Waals surface area (Å²) in [4.78, 5) is 2.47. The molecule has 0 saturated carbocycles. The van der Waals surface area contributed by atoms with Crippen molar-refractivity contribution < 1.29 is 0 Å². The van der Waals surface area contributed by atoms with Gasteiger partial charge in [-0.1, -0.05) is 18.2 Å². The topological polar surface area (TPSA) is 33.1 Å². The van der Waals surface area contributed by atoms with Crippen LogP contribution in [0.5, 0.6) is 0 Å². The molecule has 1 aliphatic rings. The number of nitrogens with one attached hydrogen (secondary N) is 1. The third-order valence-corrected chi connectivity index (χ3v) is 3.66. The van der Waals surface area contributed by atoms with E-state index in [1.54, 1.807) is 0 Å². The molecule has 1 fully saturated rings. The lowest BCUT2D eigenvalue weighted by Crippen LogP contribution is -2.43. The lowest BCUT2D eigenvalue weighted by atomic mass is 10.2. The number of nitrogens with zero attached hydrogens (tertiary/aromatic N) is 3. The molecule has 0 radical (unpaired) electrons. The molecular formula is C15H21ClN4. The van der Waals surface area contributed by atoms with Gasteiger partial charge in [-0.25, -0.2) is 4.68 Å². The van der Waals surface area contributed by atoms with E-state index in [4.69, 9.17) is 0 Å². The number of halogens is 1. The number of aryl methyl sites for hydroxylation is 1. The maximum Gasteiger partial charge on any atom is 0.0678 e. The number of para-hydroxylation sites is 1. The first-order valence-electron chi connectivity index (χ1n) is 6.86. The Balaban J connectivity index is 0.00000147. The quantitative estimate of drug-likeness (QED) is 0.939. The molecule has 1 aliphatic heterocycles. The summed E-state index contributed by atoms with van der Waals surface area (Å²) >= 11 is 0. The molecule has 108 valence electrons. The molecule has 0 spiro atoms. The van der Waals surface area contributed by atoms with Gasteiger partial charge in [0.25, 0.3) is 0 Å². The van der Waals surface area contributed by atoms with Gasteiger partial charge in [0.05, 0.1) is 11.4 Å². The molecule has 3 rings (SSSR count). The van der Waals surface area contributed by atoms with Crippen molar-refractivity contribution in [1.82, 2.24) is 20.0 Å². The smallest absolute Gasteiger partial charge is 0.0678 e. The zero-order valence-corrected chi connectivity index (χ0v) is 12.6. The van der Waals surface area contributed by atoms with Crippen LogP contribution in [0.4, 0.5) is 0 Å². The molecule has 0 bridgehead atoms. The molecule has 1 aromatic carbocycles. The molecule has 4 nitrogen and oxygen atoms in total. The Morgan fingerprint density at radius 2 is 1.90 bits per heavy atom. The van der Waals surface area contributed by atoms with Gasteiger partial charge in [0.1, 0.15) is 0 Å². The van der Waals surface area contributed by atoms with E-state index < -0.39 is 0 Å². The molecule has 1 saturated heterocycles. The average Bonchev–Trinajstić information content (AvgIpc) is 2.88. The van der Waals surface area contributed by atoms with Gasteiger partial charge in [-0.15, -0.1) is 12.4 Å². The second-order valence-corrected chi connectivity index (χ2v) is 5.05. The van der Waals surface area contributed by atoms with Crippen LogP contribution in [0.3, 0.4) is 0 Å². The summed E-state index contributed by atoms with van der Waals surface area (Å²) in [5.41, 5.74) is 3.70. The van der Waals surface area contributed by atoms with Crippen molar-refractivity contribution in [2.75, 3.05) is 26.2 Å². The normalized spacial score (nSPS) is 15.8. The lowest BCUT2D eigenvalue weighted by molar-refractivity contribution is 0.229. The van der Waals surface area contributed by atoms with E-state index in [1.165, 1.54) is 16.9 Å². The van der Waals surface area contributed by atoms with E-state index in [-0.39, 0.29) is 12.4 Å². The third kappa shape index (κ3) is 3.20. The molecule has 5 heteroatoms. The SMILES string of the molecule is Cc1ccccc1-n1nccc1CN1CCNCC1.Cl. The minimum atomic E-state index is 0. The molecule has 0 amide bonds. The molecule has 0 aliphatic carbocycles. The molecule has 2 aromatic rings. The van der Waals surface area contributed by atoms with E-state index in [2.05, 4.69) is 57.3 Å². The van der Waals surface area contributed by atoms with Crippen molar-refractivity contribution >= 4 is 12.4 Å². The Morgan fingerprint density at radius 1 is 1.15 bits per heavy atom. The lowest BCUT2D eigenvalue weighted by Gasteiger charge is -2.27. The summed E-state index contributed by atoms with van der Waals surface area (Å²) in [6.07, 6.45) is 1.89. The summed E-state index contributed by atoms with van der Waals surface area (Å²) in [6.45, 7) is 7.48. The van der Waals surface area contributed by atoms with E-state index in [1.807, 2.05) is 6.20 Å². The van der Waals surface area contributed by atoms with Gasteiger partial charge in [0.15, 0.2) is 0 Å². The Morgan fingerprint density at radius 3 is 2.65 bits per heavy atom. The number of hydrogen-bond donors (Lipinski definition) is 1. The van der Waals surface area contributed by atoms with Crippen LogP contribution in [0.25, 0.3) is 5.69 Å². The van der Waals surface area contributed by atoms with Gasteiger partial charge in [0, 0.05) is 38.9 Å². The number of benzene rings is 1. The van der Waals surface area contributed by atoms with Crippen LogP contribution in [-0.2, 0) is 6.54 Å². The number of piperazine rings is 1. The summed E-state index contributed by atoms with van der Waals surface area (Å²) in [7, 11) is 0. The molecule has 20 heavy (non-hydrogen) atoms. The highest BCUT2D eigenvalue weighted by atomic mass is 35.5. The number of hydrogen-bond acceptors (Lipinski definition) is 3. The molecule has 2 heterocycles. The van der Waals surface area contributed by atoms with Gasteiger partial charge in [-0.3, -0.25) is 4.90 Å². The first-order valence-corrected chi connectivity index (χ1v) is 6.86. The Kier molecular flexibility index (Phi) is 5.17. The minimum absolute atomic E-state index is 0. The van der Waals surface area contributed by atoms with Crippen molar-refractivity contribution in [3.63, 3.8) is 0 Å². The largest absolute Gasteiger partial charge is 0.314 e. The van der Waals surface area contributed by atoms with Crippen LogP contribution in [0.2, 0.25) is 0 Å². The molecule has 1 aromatic heterocycles. The molecule has 0 unspecified atom stereocenters. The van der Waals surface area contributed by atoms with Gasteiger partial charge in [0.2, 0.25) is 0 Å². The van der Waals surface area contributed by atoms with E-state index >= 15 is 0 Å². The predicted octanol–water partition coefficient (Wildman–Crippen LogP) is 2.01. The van der Waals surface area contributed by atoms with Crippen LogP contribution in [-0.4, -0.2) is 40.9 Å². The summed E-state index contributed by atoms with van der Waals surface area (Å²) in [5, 5.41) is 7.87. The van der Waals surface area contributed by atoms with Crippen molar-refractivity contribution in [2.24, 2.45) is 0 Å². The second kappa shape index (κ2) is 6.88. The van der Waals surface area contributed by atoms with Gasteiger partial charge >= 0.3 is 0 Å². The predicted molar refractivity (Wildman–Crippen MR) is 83.7 cm³/mol. The maximum atomic E-state index is 4.49. The van der Waals surface area contributed by atoms with Crippen molar-refractivity contribution in [3.05, 3.63) is 47.8 Å². The highest BCUT2D eigenvalue weighted by Gasteiger charge is 2.13. The summed E-state index contributed by atoms with van der Waals surface area (Å²) in [6, 6.07) is 10.5. The molecular weight excluding hydrogens is 272 g/mol. The highest BCUT2D eigenvalue weighted by Crippen LogP contribution is 2.16. The minimum Gasteiger partial charge on any atom is -0.314 e. The number of aromatic nitrogens is 2. The zero-order valence-electron chi connectivity index (χ0n) is 11.7. The van der Waals surface area contributed by atoms with E-state index in [0.717, 1.165) is 32.7 Å². The van der Waals surface area contributed by atoms with Gasteiger partial charge in [-0.2, -0.15) is 5.10 Å². The fraction of sp³-hybridized carbons (Fsp3) is 0.400. The third-order valence-electron chi connectivity index (χ3n) is 3.66. The fourth-order valence-electron chi connectivity index (χ4n) is 2.57. The van der Waals surface area contributed by atoms with Crippen molar-refractivity contribution in [2.45, 2.75) is 13.5 Å². The van der Waals surface area contributed by atoms with Crippen LogP contribution in [0, 0.1) is 6.92 Å². The Labute approximate surface area is 126 Å². The Hall–Kier alpha value is -1.36. The fourth-order valence-corrected chi connectivity index (χ4v) is 2.57. The summed E-state index contributed by atoms with van der Waals surface area (Å²) in [5.74, 6) is 0. The highest BCUT2D eigenvalue weighted by molar-refractivity contribution is 5.85. The first-order chi connectivity index (χ1) is 9.34. The van der Waals surface area contributed by atoms with E-state index in [9.17, 15) is 0 Å². The average molecular weight is 293 g/mol. The Bertz CT molecular complexity index is 546. The first kappa shape index (κ1) is 15.0. The van der Waals surface area contributed by atoms with Gasteiger partial charge in [-0.05, 0) is 24.6 Å². The monoisotopic (exact) mass is 292 g/mol. The van der Waals surface area contributed by atoms with Crippen LogP contribution >= 0.6 is 12.4 Å². The van der Waals surface area contributed by atoms with Crippen LogP contribution < -0.4 is 5.32 Å². The number of rotatable bonds is 3. The molecule has 0 atom stereocenters.